The van der Waals surface area contributed by atoms with Crippen molar-refractivity contribution >= 4 is 58.8 Å². The lowest BCUT2D eigenvalue weighted by molar-refractivity contribution is 0.0954. The molecule has 27 heavy (non-hydrogen) atoms. The summed E-state index contributed by atoms with van der Waals surface area (Å²) in [6, 6.07) is 6.99. The Balaban J connectivity index is 0.00000364. The molecule has 6 nitrogen and oxygen atoms in total. The topological polar surface area (TPSA) is 78.4 Å². The molecule has 0 aliphatic heterocycles. The summed E-state index contributed by atoms with van der Waals surface area (Å²) >= 11 is 7.69. The number of aliphatic imine (C=N–C) groups is 1. The molecule has 1 amide bonds. The van der Waals surface area contributed by atoms with Gasteiger partial charge in [0, 0.05) is 24.5 Å². The Morgan fingerprint density at radius 3 is 2.52 bits per heavy atom. The highest BCUT2D eigenvalue weighted by molar-refractivity contribution is 14.0. The lowest BCUT2D eigenvalue weighted by Gasteiger charge is -2.12. The van der Waals surface area contributed by atoms with Gasteiger partial charge in [-0.15, -0.1) is 35.3 Å². The lowest BCUT2D eigenvalue weighted by atomic mass is 10.2. The molecule has 0 bridgehead atoms. The van der Waals surface area contributed by atoms with Crippen LogP contribution in [-0.4, -0.2) is 36.5 Å². The minimum Gasteiger partial charge on any atom is -0.357 e. The molecule has 0 aliphatic carbocycles. The number of carbonyl (C=O) groups excluding carboxylic acids is 1. The van der Waals surface area contributed by atoms with E-state index >= 15 is 0 Å². The summed E-state index contributed by atoms with van der Waals surface area (Å²) in [6.45, 7) is 8.37. The smallest absolute Gasteiger partial charge is 0.252 e. The molecule has 9 heteroatoms. The number of nitrogens with one attached hydrogen (secondary N) is 3. The van der Waals surface area contributed by atoms with Crippen LogP contribution in [0.15, 0.2) is 29.3 Å². The van der Waals surface area contributed by atoms with Gasteiger partial charge in [-0.25, -0.2) is 9.98 Å². The molecule has 1 heterocycles. The zero-order chi connectivity index (χ0) is 18.9. The van der Waals surface area contributed by atoms with E-state index in [0.717, 1.165) is 17.2 Å². The number of amides is 1. The molecule has 2 aromatic rings. The highest BCUT2D eigenvalue weighted by atomic mass is 127. The fraction of sp³-hybridized carbons (Fsp3) is 0.389. The van der Waals surface area contributed by atoms with E-state index in [1.165, 1.54) is 4.88 Å². The van der Waals surface area contributed by atoms with Crippen molar-refractivity contribution in [1.29, 1.82) is 0 Å². The van der Waals surface area contributed by atoms with Gasteiger partial charge in [0.15, 0.2) is 5.96 Å². The Morgan fingerprint density at radius 2 is 1.89 bits per heavy atom. The second-order valence-corrected chi connectivity index (χ2v) is 7.30. The van der Waals surface area contributed by atoms with Crippen molar-refractivity contribution in [2.75, 3.05) is 19.6 Å². The van der Waals surface area contributed by atoms with Gasteiger partial charge in [-0.05, 0) is 32.9 Å². The number of hydrogen-bond donors (Lipinski definition) is 3. The number of hydrogen-bond acceptors (Lipinski definition) is 4. The Morgan fingerprint density at radius 1 is 1.19 bits per heavy atom. The van der Waals surface area contributed by atoms with E-state index in [1.54, 1.807) is 35.6 Å². The number of guanidine groups is 1. The van der Waals surface area contributed by atoms with Gasteiger partial charge in [-0.2, -0.15) is 0 Å². The normalized spacial score (nSPS) is 10.9. The molecular weight excluding hydrogens is 497 g/mol. The summed E-state index contributed by atoms with van der Waals surface area (Å²) < 4.78 is 0. The average Bonchev–Trinajstić information content (AvgIpc) is 2.94. The fourth-order valence-electron chi connectivity index (χ4n) is 2.19. The van der Waals surface area contributed by atoms with E-state index < -0.39 is 0 Å². The predicted octanol–water partition coefficient (Wildman–Crippen LogP) is 3.52. The molecule has 0 saturated carbocycles. The van der Waals surface area contributed by atoms with Crippen molar-refractivity contribution in [1.82, 2.24) is 20.9 Å². The standard InChI is InChI=1S/C18H24ClN5OS.HI/c1-4-20-18(23-11-16-24-12(2)13(3)26-16)22-10-9-21-17(25)14-7-5-6-8-15(14)19;/h5-8H,4,9-11H2,1-3H3,(H,21,25)(H2,20,22,23);1H. The number of carbonyl (C=O) groups is 1. The number of rotatable bonds is 7. The van der Waals surface area contributed by atoms with Crippen LogP contribution in [0.1, 0.15) is 32.9 Å². The molecule has 0 unspecified atom stereocenters. The van der Waals surface area contributed by atoms with Crippen molar-refractivity contribution < 1.29 is 4.79 Å². The Kier molecular flexibility index (Phi) is 10.6. The molecule has 0 fully saturated rings. The first-order valence-corrected chi connectivity index (χ1v) is 9.68. The van der Waals surface area contributed by atoms with E-state index in [0.29, 0.717) is 36.2 Å². The third-order valence-corrected chi connectivity index (χ3v) is 5.00. The van der Waals surface area contributed by atoms with E-state index in [1.807, 2.05) is 13.8 Å². The average molecular weight is 522 g/mol. The van der Waals surface area contributed by atoms with Gasteiger partial charge in [0.25, 0.3) is 5.91 Å². The van der Waals surface area contributed by atoms with Crippen molar-refractivity contribution in [3.8, 4) is 0 Å². The fourth-order valence-corrected chi connectivity index (χ4v) is 3.27. The van der Waals surface area contributed by atoms with Crippen LogP contribution in [0.2, 0.25) is 5.02 Å². The summed E-state index contributed by atoms with van der Waals surface area (Å²) in [5, 5.41) is 10.7. The molecule has 0 radical (unpaired) electrons. The van der Waals surface area contributed by atoms with Gasteiger partial charge in [-0.3, -0.25) is 4.79 Å². The Bertz CT molecular complexity index is 761. The number of thiazole rings is 1. The van der Waals surface area contributed by atoms with E-state index in [4.69, 9.17) is 11.6 Å². The monoisotopic (exact) mass is 521 g/mol. The summed E-state index contributed by atoms with van der Waals surface area (Å²) in [5.41, 5.74) is 1.53. The Labute approximate surface area is 186 Å². The maximum Gasteiger partial charge on any atom is 0.252 e. The minimum atomic E-state index is -0.187. The van der Waals surface area contributed by atoms with Crippen LogP contribution in [0, 0.1) is 13.8 Å². The van der Waals surface area contributed by atoms with Crippen molar-refractivity contribution in [3.05, 3.63) is 50.4 Å². The van der Waals surface area contributed by atoms with E-state index in [2.05, 4.69) is 32.9 Å². The molecule has 0 atom stereocenters. The zero-order valence-electron chi connectivity index (χ0n) is 15.6. The predicted molar refractivity (Wildman–Crippen MR) is 124 cm³/mol. The van der Waals surface area contributed by atoms with E-state index in [9.17, 15) is 4.79 Å². The van der Waals surface area contributed by atoms with Crippen LogP contribution in [0.4, 0.5) is 0 Å². The van der Waals surface area contributed by atoms with Crippen LogP contribution in [-0.2, 0) is 6.54 Å². The van der Waals surface area contributed by atoms with Gasteiger partial charge in [0.2, 0.25) is 0 Å². The second kappa shape index (κ2) is 12.1. The van der Waals surface area contributed by atoms with Gasteiger partial charge in [0.05, 0.1) is 22.8 Å². The molecule has 3 N–H and O–H groups in total. The lowest BCUT2D eigenvalue weighted by Crippen LogP contribution is -2.41. The quantitative estimate of drug-likeness (QED) is 0.225. The molecule has 2 rings (SSSR count). The number of aryl methyl sites for hydroxylation is 2. The van der Waals surface area contributed by atoms with Crippen LogP contribution in [0.3, 0.4) is 0 Å². The highest BCUT2D eigenvalue weighted by Crippen LogP contribution is 2.17. The number of halogens is 2. The molecule has 1 aromatic carbocycles. The SMILES string of the molecule is CCNC(=NCc1nc(C)c(C)s1)NCCNC(=O)c1ccccc1Cl.I. The molecule has 0 spiro atoms. The van der Waals surface area contributed by atoms with Gasteiger partial charge in [0.1, 0.15) is 5.01 Å². The third-order valence-electron chi connectivity index (χ3n) is 3.61. The largest absolute Gasteiger partial charge is 0.357 e. The maximum atomic E-state index is 12.1. The Hall–Kier alpha value is -1.39. The summed E-state index contributed by atoms with van der Waals surface area (Å²) in [7, 11) is 0. The summed E-state index contributed by atoms with van der Waals surface area (Å²) in [5.74, 6) is 0.512. The van der Waals surface area contributed by atoms with Crippen molar-refractivity contribution in [2.24, 2.45) is 4.99 Å². The molecule has 148 valence electrons. The number of aromatic nitrogens is 1. The minimum absolute atomic E-state index is 0. The highest BCUT2D eigenvalue weighted by Gasteiger charge is 2.08. The van der Waals surface area contributed by atoms with Gasteiger partial charge in [-0.1, -0.05) is 23.7 Å². The van der Waals surface area contributed by atoms with Crippen LogP contribution in [0.25, 0.3) is 0 Å². The van der Waals surface area contributed by atoms with E-state index in [-0.39, 0.29) is 29.9 Å². The van der Waals surface area contributed by atoms with Gasteiger partial charge < -0.3 is 16.0 Å². The summed E-state index contributed by atoms with van der Waals surface area (Å²) in [6.07, 6.45) is 0. The summed E-state index contributed by atoms with van der Waals surface area (Å²) in [4.78, 5) is 22.3. The third kappa shape index (κ3) is 7.63. The maximum absolute atomic E-state index is 12.1. The number of benzene rings is 1. The van der Waals surface area contributed by atoms with Crippen molar-refractivity contribution in [2.45, 2.75) is 27.3 Å². The first-order valence-electron chi connectivity index (χ1n) is 8.49. The zero-order valence-corrected chi connectivity index (χ0v) is 19.5. The molecule has 0 aliphatic rings. The second-order valence-electron chi connectivity index (χ2n) is 5.61. The molecule has 0 saturated heterocycles. The van der Waals surface area contributed by atoms with Crippen LogP contribution < -0.4 is 16.0 Å². The van der Waals surface area contributed by atoms with Crippen LogP contribution in [0.5, 0.6) is 0 Å². The first-order chi connectivity index (χ1) is 12.5. The van der Waals surface area contributed by atoms with Crippen LogP contribution >= 0.6 is 46.9 Å². The molecular formula is C18H25ClIN5OS. The molecule has 1 aromatic heterocycles. The number of nitrogens with zero attached hydrogens (tertiary/aromatic N) is 2. The first kappa shape index (κ1) is 23.6. The van der Waals surface area contributed by atoms with Crippen molar-refractivity contribution in [3.63, 3.8) is 0 Å². The van der Waals surface area contributed by atoms with Gasteiger partial charge >= 0.3 is 0 Å².